The Labute approximate surface area is 96.8 Å². The highest BCUT2D eigenvalue weighted by atomic mass is 19.1. The van der Waals surface area contributed by atoms with E-state index in [1.54, 1.807) is 41.1 Å². The quantitative estimate of drug-likeness (QED) is 0.695. The molecule has 0 aliphatic carbocycles. The summed E-state index contributed by atoms with van der Waals surface area (Å²) in [5.74, 6) is -0.147. The molecule has 0 atom stereocenters. The molecule has 0 saturated carbocycles. The molecule has 0 aliphatic rings. The van der Waals surface area contributed by atoms with Crippen LogP contribution >= 0.6 is 0 Å². The number of hydrogen-bond acceptors (Lipinski definition) is 2. The minimum atomic E-state index is -0.273. The summed E-state index contributed by atoms with van der Waals surface area (Å²) < 4.78 is 14.6. The van der Waals surface area contributed by atoms with Crippen LogP contribution in [0.2, 0.25) is 0 Å². The van der Waals surface area contributed by atoms with Crippen molar-refractivity contribution in [3.8, 4) is 17.0 Å². The van der Waals surface area contributed by atoms with Gasteiger partial charge in [-0.1, -0.05) is 0 Å². The predicted octanol–water partition coefficient (Wildman–Crippen LogP) is 2.85. The van der Waals surface area contributed by atoms with Gasteiger partial charge in [-0.3, -0.25) is 4.40 Å². The summed E-state index contributed by atoms with van der Waals surface area (Å²) in [5.41, 5.74) is 2.16. The molecule has 0 fully saturated rings. The molecule has 0 amide bonds. The number of aromatic hydroxyl groups is 1. The number of rotatable bonds is 1. The van der Waals surface area contributed by atoms with Crippen molar-refractivity contribution in [2.24, 2.45) is 0 Å². The highest BCUT2D eigenvalue weighted by Crippen LogP contribution is 2.24. The van der Waals surface area contributed by atoms with E-state index in [-0.39, 0.29) is 11.6 Å². The van der Waals surface area contributed by atoms with Gasteiger partial charge in [0.2, 0.25) is 0 Å². The first-order valence-corrected chi connectivity index (χ1v) is 5.17. The van der Waals surface area contributed by atoms with Crippen molar-refractivity contribution < 1.29 is 9.50 Å². The maximum Gasteiger partial charge on any atom is 0.179 e. The van der Waals surface area contributed by atoms with Crippen molar-refractivity contribution in [1.82, 2.24) is 9.38 Å². The van der Waals surface area contributed by atoms with Crippen LogP contribution in [-0.2, 0) is 0 Å². The van der Waals surface area contributed by atoms with Crippen LogP contribution in [0.15, 0.2) is 48.8 Å². The fraction of sp³-hybridized carbons (Fsp3) is 0. The highest BCUT2D eigenvalue weighted by Gasteiger charge is 2.08. The monoisotopic (exact) mass is 228 g/mol. The van der Waals surface area contributed by atoms with Crippen molar-refractivity contribution in [2.75, 3.05) is 0 Å². The van der Waals surface area contributed by atoms with Crippen molar-refractivity contribution in [2.45, 2.75) is 0 Å². The van der Waals surface area contributed by atoms with Gasteiger partial charge in [0.05, 0.1) is 11.9 Å². The van der Waals surface area contributed by atoms with E-state index >= 15 is 0 Å². The average Bonchev–Trinajstić information content (AvgIpc) is 2.75. The van der Waals surface area contributed by atoms with Crippen LogP contribution in [0, 0.1) is 5.82 Å². The van der Waals surface area contributed by atoms with E-state index in [1.165, 1.54) is 12.1 Å². The van der Waals surface area contributed by atoms with Gasteiger partial charge < -0.3 is 5.11 Å². The van der Waals surface area contributed by atoms with E-state index in [9.17, 15) is 9.50 Å². The fourth-order valence-electron chi connectivity index (χ4n) is 1.83. The number of nitrogens with zero attached hydrogens (tertiary/aromatic N) is 2. The van der Waals surface area contributed by atoms with Crippen LogP contribution in [0.25, 0.3) is 16.9 Å². The molecule has 4 heteroatoms. The first-order chi connectivity index (χ1) is 8.25. The van der Waals surface area contributed by atoms with Gasteiger partial charge in [0.15, 0.2) is 11.4 Å². The third-order valence-corrected chi connectivity index (χ3v) is 2.66. The van der Waals surface area contributed by atoms with Crippen molar-refractivity contribution >= 4 is 5.65 Å². The Morgan fingerprint density at radius 2 is 1.88 bits per heavy atom. The van der Waals surface area contributed by atoms with Crippen molar-refractivity contribution in [3.05, 3.63) is 54.6 Å². The second-order valence-corrected chi connectivity index (χ2v) is 3.74. The summed E-state index contributed by atoms with van der Waals surface area (Å²) in [5, 5.41) is 9.63. The topological polar surface area (TPSA) is 37.5 Å². The zero-order chi connectivity index (χ0) is 11.8. The minimum absolute atomic E-state index is 0.126. The van der Waals surface area contributed by atoms with Gasteiger partial charge in [0, 0.05) is 11.8 Å². The molecule has 0 unspecified atom stereocenters. The molecule has 3 aromatic rings. The van der Waals surface area contributed by atoms with E-state index in [2.05, 4.69) is 4.98 Å². The Hall–Kier alpha value is -2.36. The molecule has 3 nitrogen and oxygen atoms in total. The molecular weight excluding hydrogens is 219 g/mol. The minimum Gasteiger partial charge on any atom is -0.504 e. The van der Waals surface area contributed by atoms with E-state index in [0.717, 1.165) is 11.3 Å². The number of halogens is 1. The average molecular weight is 228 g/mol. The third kappa shape index (κ3) is 1.54. The van der Waals surface area contributed by atoms with Gasteiger partial charge in [0.25, 0.3) is 0 Å². The van der Waals surface area contributed by atoms with Gasteiger partial charge in [-0.05, 0) is 36.4 Å². The van der Waals surface area contributed by atoms with Crippen LogP contribution in [-0.4, -0.2) is 14.5 Å². The van der Waals surface area contributed by atoms with Gasteiger partial charge in [-0.2, -0.15) is 0 Å². The molecule has 0 bridgehead atoms. The molecule has 0 radical (unpaired) electrons. The lowest BCUT2D eigenvalue weighted by Gasteiger charge is -2.02. The lowest BCUT2D eigenvalue weighted by Crippen LogP contribution is -1.87. The molecule has 0 spiro atoms. The van der Waals surface area contributed by atoms with Crippen LogP contribution in [0.3, 0.4) is 0 Å². The number of imidazole rings is 1. The summed E-state index contributed by atoms with van der Waals surface area (Å²) in [6, 6.07) is 9.48. The zero-order valence-electron chi connectivity index (χ0n) is 8.84. The molecule has 2 aromatic heterocycles. The largest absolute Gasteiger partial charge is 0.504 e. The third-order valence-electron chi connectivity index (χ3n) is 2.66. The molecule has 0 aliphatic heterocycles. The second kappa shape index (κ2) is 3.59. The molecule has 1 N–H and O–H groups in total. The normalized spacial score (nSPS) is 10.9. The molecule has 0 saturated heterocycles. The maximum absolute atomic E-state index is 12.8. The first kappa shape index (κ1) is 9.84. The summed E-state index contributed by atoms with van der Waals surface area (Å²) in [6.07, 6.45) is 3.46. The molecule has 17 heavy (non-hydrogen) atoms. The van der Waals surface area contributed by atoms with E-state index in [4.69, 9.17) is 0 Å². The molecule has 1 aromatic carbocycles. The number of benzene rings is 1. The van der Waals surface area contributed by atoms with Crippen LogP contribution < -0.4 is 0 Å². The summed E-state index contributed by atoms with van der Waals surface area (Å²) >= 11 is 0. The Kier molecular flexibility index (Phi) is 2.08. The highest BCUT2D eigenvalue weighted by molar-refractivity contribution is 5.66. The Balaban J connectivity index is 2.24. The standard InChI is InChI=1S/C13H9FN2O/c14-10-5-3-9(4-6-10)11-8-15-13-12(17)2-1-7-16(11)13/h1-8,17H. The number of pyridine rings is 1. The smallest absolute Gasteiger partial charge is 0.179 e. The lowest BCUT2D eigenvalue weighted by molar-refractivity contribution is 0.477. The number of hydrogen-bond donors (Lipinski definition) is 1. The van der Waals surface area contributed by atoms with Crippen LogP contribution in [0.5, 0.6) is 5.75 Å². The molecule has 2 heterocycles. The van der Waals surface area contributed by atoms with Crippen molar-refractivity contribution in [1.29, 1.82) is 0 Å². The lowest BCUT2D eigenvalue weighted by atomic mass is 10.2. The summed E-state index contributed by atoms with van der Waals surface area (Å²) in [7, 11) is 0. The van der Waals surface area contributed by atoms with Gasteiger partial charge >= 0.3 is 0 Å². The molecule has 84 valence electrons. The van der Waals surface area contributed by atoms with E-state index in [0.29, 0.717) is 5.65 Å². The Bertz CT molecular complexity index is 673. The first-order valence-electron chi connectivity index (χ1n) is 5.17. The SMILES string of the molecule is Oc1cccn2c(-c3ccc(F)cc3)cnc12. The zero-order valence-corrected chi connectivity index (χ0v) is 8.84. The van der Waals surface area contributed by atoms with Gasteiger partial charge in [0.1, 0.15) is 5.82 Å². The number of aromatic nitrogens is 2. The van der Waals surface area contributed by atoms with Gasteiger partial charge in [-0.15, -0.1) is 0 Å². The van der Waals surface area contributed by atoms with E-state index in [1.807, 2.05) is 0 Å². The molecular formula is C13H9FN2O. The summed E-state index contributed by atoms with van der Waals surface area (Å²) in [6.45, 7) is 0. The van der Waals surface area contributed by atoms with Crippen LogP contribution in [0.1, 0.15) is 0 Å². The molecule has 3 rings (SSSR count). The van der Waals surface area contributed by atoms with E-state index < -0.39 is 0 Å². The second-order valence-electron chi connectivity index (χ2n) is 3.74. The number of fused-ring (bicyclic) bond motifs is 1. The van der Waals surface area contributed by atoms with Gasteiger partial charge in [-0.25, -0.2) is 9.37 Å². The Morgan fingerprint density at radius 1 is 1.12 bits per heavy atom. The van der Waals surface area contributed by atoms with Crippen LogP contribution in [0.4, 0.5) is 4.39 Å². The summed E-state index contributed by atoms with van der Waals surface area (Å²) in [4.78, 5) is 4.14. The van der Waals surface area contributed by atoms with Crippen molar-refractivity contribution in [3.63, 3.8) is 0 Å². The maximum atomic E-state index is 12.8. The predicted molar refractivity (Wildman–Crippen MR) is 62.3 cm³/mol. The fourth-order valence-corrected chi connectivity index (χ4v) is 1.83. The Morgan fingerprint density at radius 3 is 2.65 bits per heavy atom.